The number of carbonyl (C=O) groups excluding carboxylic acids is 3. The van der Waals surface area contributed by atoms with Crippen LogP contribution in [-0.4, -0.2) is 25.0 Å². The van der Waals surface area contributed by atoms with Crippen LogP contribution in [0.25, 0.3) is 12.2 Å². The van der Waals surface area contributed by atoms with Gasteiger partial charge >= 0.3 is 0 Å². The molecule has 2 aromatic rings. The second kappa shape index (κ2) is 10.7. The van der Waals surface area contributed by atoms with E-state index in [-0.39, 0.29) is 11.7 Å². The standard InChI is InChI=1S/C27H32N2O3/c1-26(2,19-30)18-27(3,4)25(32)29-23-11-7-9-21(17-23)13-15-24(31)14-12-20-8-6-10-22(16-20)28-5/h6-17,19,28H,18H2,1-5H3,(H,29,32)/b14-12+,15-13+. The molecule has 0 saturated carbocycles. The summed E-state index contributed by atoms with van der Waals surface area (Å²) in [5, 5.41) is 5.99. The Morgan fingerprint density at radius 1 is 0.875 bits per heavy atom. The van der Waals surface area contributed by atoms with Crippen molar-refractivity contribution < 1.29 is 14.4 Å². The molecule has 0 aromatic heterocycles. The highest BCUT2D eigenvalue weighted by atomic mass is 16.2. The molecule has 2 rings (SSSR count). The summed E-state index contributed by atoms with van der Waals surface area (Å²) in [5.74, 6) is -0.289. The Morgan fingerprint density at radius 3 is 1.94 bits per heavy atom. The van der Waals surface area contributed by atoms with E-state index in [1.54, 1.807) is 18.2 Å². The first-order chi connectivity index (χ1) is 15.0. The first kappa shape index (κ1) is 24.8. The van der Waals surface area contributed by atoms with Gasteiger partial charge in [-0.25, -0.2) is 0 Å². The van der Waals surface area contributed by atoms with Gasteiger partial charge in [0, 0.05) is 29.3 Å². The third-order valence-electron chi connectivity index (χ3n) is 5.03. The number of ketones is 1. The van der Waals surface area contributed by atoms with Crippen LogP contribution in [0, 0.1) is 10.8 Å². The molecule has 0 fully saturated rings. The van der Waals surface area contributed by atoms with Gasteiger partial charge in [0.25, 0.3) is 0 Å². The molecule has 5 heteroatoms. The number of rotatable bonds is 10. The van der Waals surface area contributed by atoms with Crippen LogP contribution in [0.15, 0.2) is 60.7 Å². The smallest absolute Gasteiger partial charge is 0.230 e. The summed E-state index contributed by atoms with van der Waals surface area (Å²) < 4.78 is 0. The molecule has 0 bridgehead atoms. The Balaban J connectivity index is 2.03. The van der Waals surface area contributed by atoms with Crippen molar-refractivity contribution in [2.45, 2.75) is 34.1 Å². The van der Waals surface area contributed by atoms with Crippen molar-refractivity contribution in [1.29, 1.82) is 0 Å². The molecule has 32 heavy (non-hydrogen) atoms. The van der Waals surface area contributed by atoms with Gasteiger partial charge in [-0.05, 0) is 54.0 Å². The molecule has 0 heterocycles. The number of hydrogen-bond acceptors (Lipinski definition) is 4. The maximum absolute atomic E-state index is 12.8. The maximum atomic E-state index is 12.8. The fraction of sp³-hybridized carbons (Fsp3) is 0.296. The van der Waals surface area contributed by atoms with Gasteiger partial charge < -0.3 is 15.4 Å². The average Bonchev–Trinajstić information content (AvgIpc) is 2.76. The van der Waals surface area contributed by atoms with E-state index >= 15 is 0 Å². The molecule has 0 atom stereocenters. The van der Waals surface area contributed by atoms with Crippen LogP contribution in [0.4, 0.5) is 11.4 Å². The van der Waals surface area contributed by atoms with Crippen LogP contribution in [-0.2, 0) is 14.4 Å². The second-order valence-corrected chi connectivity index (χ2v) is 9.19. The van der Waals surface area contributed by atoms with Crippen LogP contribution >= 0.6 is 0 Å². The largest absolute Gasteiger partial charge is 0.388 e. The third kappa shape index (κ3) is 7.65. The lowest BCUT2D eigenvalue weighted by atomic mass is 9.75. The number of benzene rings is 2. The number of allylic oxidation sites excluding steroid dienone is 2. The number of anilines is 2. The van der Waals surface area contributed by atoms with Gasteiger partial charge in [-0.1, -0.05) is 64.1 Å². The Labute approximate surface area is 190 Å². The molecule has 0 aliphatic carbocycles. The number of aldehydes is 1. The lowest BCUT2D eigenvalue weighted by molar-refractivity contribution is -0.127. The van der Waals surface area contributed by atoms with Crippen molar-refractivity contribution in [2.75, 3.05) is 17.7 Å². The van der Waals surface area contributed by atoms with E-state index in [0.29, 0.717) is 12.1 Å². The fourth-order valence-electron chi connectivity index (χ4n) is 3.49. The quantitative estimate of drug-likeness (QED) is 0.378. The zero-order valence-corrected chi connectivity index (χ0v) is 19.4. The second-order valence-electron chi connectivity index (χ2n) is 9.19. The average molecular weight is 433 g/mol. The zero-order chi connectivity index (χ0) is 23.8. The summed E-state index contributed by atoms with van der Waals surface area (Å²) in [6.07, 6.45) is 7.83. The van der Waals surface area contributed by atoms with E-state index in [4.69, 9.17) is 0 Å². The van der Waals surface area contributed by atoms with Crippen molar-refractivity contribution in [1.82, 2.24) is 0 Å². The van der Waals surface area contributed by atoms with E-state index in [1.807, 2.05) is 77.2 Å². The van der Waals surface area contributed by atoms with Crippen LogP contribution in [0.1, 0.15) is 45.2 Å². The topological polar surface area (TPSA) is 75.3 Å². The Bertz CT molecular complexity index is 1030. The highest BCUT2D eigenvalue weighted by Crippen LogP contribution is 2.33. The van der Waals surface area contributed by atoms with Gasteiger partial charge in [0.15, 0.2) is 5.78 Å². The summed E-state index contributed by atoms with van der Waals surface area (Å²) in [4.78, 5) is 36.2. The van der Waals surface area contributed by atoms with E-state index in [9.17, 15) is 14.4 Å². The molecule has 0 aliphatic rings. The summed E-state index contributed by atoms with van der Waals surface area (Å²) >= 11 is 0. The lowest BCUT2D eigenvalue weighted by Gasteiger charge is -2.30. The number of carbonyl (C=O) groups is 3. The van der Waals surface area contributed by atoms with Crippen molar-refractivity contribution in [2.24, 2.45) is 10.8 Å². The van der Waals surface area contributed by atoms with Crippen molar-refractivity contribution in [3.8, 4) is 0 Å². The van der Waals surface area contributed by atoms with Crippen LogP contribution in [0.3, 0.4) is 0 Å². The molecule has 5 nitrogen and oxygen atoms in total. The van der Waals surface area contributed by atoms with Gasteiger partial charge in [-0.15, -0.1) is 0 Å². The number of amides is 1. The van der Waals surface area contributed by atoms with Crippen LogP contribution in [0.2, 0.25) is 0 Å². The van der Waals surface area contributed by atoms with Crippen molar-refractivity contribution >= 4 is 41.5 Å². The molecule has 0 radical (unpaired) electrons. The van der Waals surface area contributed by atoms with Crippen LogP contribution in [0.5, 0.6) is 0 Å². The summed E-state index contributed by atoms with van der Waals surface area (Å²) in [6, 6.07) is 15.0. The minimum Gasteiger partial charge on any atom is -0.388 e. The third-order valence-corrected chi connectivity index (χ3v) is 5.03. The molecule has 2 N–H and O–H groups in total. The Hall–Kier alpha value is -3.47. The van der Waals surface area contributed by atoms with Gasteiger partial charge in [0.05, 0.1) is 0 Å². The van der Waals surface area contributed by atoms with E-state index in [2.05, 4.69) is 10.6 Å². The SMILES string of the molecule is CNc1cccc(/C=C/C(=O)/C=C/c2cccc(NC(=O)C(C)(C)CC(C)(C)C=O)c2)c1. The fourth-order valence-corrected chi connectivity index (χ4v) is 3.49. The van der Waals surface area contributed by atoms with E-state index < -0.39 is 10.8 Å². The van der Waals surface area contributed by atoms with Crippen molar-refractivity contribution in [3.05, 3.63) is 71.8 Å². The lowest BCUT2D eigenvalue weighted by Crippen LogP contribution is -2.35. The molecular formula is C27H32N2O3. The van der Waals surface area contributed by atoms with Gasteiger partial charge in [-0.3, -0.25) is 9.59 Å². The summed E-state index contributed by atoms with van der Waals surface area (Å²) in [5.41, 5.74) is 2.07. The highest BCUT2D eigenvalue weighted by molar-refractivity contribution is 6.04. The van der Waals surface area contributed by atoms with Gasteiger partial charge in [0.1, 0.15) is 6.29 Å². The van der Waals surface area contributed by atoms with Gasteiger partial charge in [-0.2, -0.15) is 0 Å². The Kier molecular flexibility index (Phi) is 8.30. The first-order valence-electron chi connectivity index (χ1n) is 10.6. The van der Waals surface area contributed by atoms with E-state index in [1.165, 1.54) is 12.2 Å². The first-order valence-corrected chi connectivity index (χ1v) is 10.6. The molecule has 0 saturated heterocycles. The monoisotopic (exact) mass is 432 g/mol. The van der Waals surface area contributed by atoms with E-state index in [0.717, 1.165) is 23.1 Å². The molecular weight excluding hydrogens is 400 g/mol. The molecule has 2 aromatic carbocycles. The summed E-state index contributed by atoms with van der Waals surface area (Å²) in [7, 11) is 1.85. The predicted octanol–water partition coefficient (Wildman–Crippen LogP) is 5.60. The van der Waals surface area contributed by atoms with Gasteiger partial charge in [0.2, 0.25) is 5.91 Å². The highest BCUT2D eigenvalue weighted by Gasteiger charge is 2.34. The molecule has 1 amide bonds. The van der Waals surface area contributed by atoms with Crippen molar-refractivity contribution in [3.63, 3.8) is 0 Å². The minimum atomic E-state index is -0.707. The number of nitrogens with one attached hydrogen (secondary N) is 2. The molecule has 0 unspecified atom stereocenters. The molecule has 0 aliphatic heterocycles. The van der Waals surface area contributed by atoms with Crippen LogP contribution < -0.4 is 10.6 Å². The Morgan fingerprint density at radius 2 is 1.41 bits per heavy atom. The normalized spacial score (nSPS) is 12.2. The summed E-state index contributed by atoms with van der Waals surface area (Å²) in [6.45, 7) is 7.30. The molecule has 0 spiro atoms. The molecule has 168 valence electrons. The maximum Gasteiger partial charge on any atom is 0.230 e. The minimum absolute atomic E-state index is 0.133. The zero-order valence-electron chi connectivity index (χ0n) is 19.4. The predicted molar refractivity (Wildman–Crippen MR) is 132 cm³/mol. The number of hydrogen-bond donors (Lipinski definition) is 2.